The lowest BCUT2D eigenvalue weighted by molar-refractivity contribution is -0.140. The Balaban J connectivity index is 1.93. The van der Waals surface area contributed by atoms with Crippen LogP contribution in [0.2, 0.25) is 0 Å². The maximum atomic E-state index is 12.7. The molecule has 0 saturated heterocycles. The van der Waals surface area contributed by atoms with E-state index in [2.05, 4.69) is 10.3 Å². The summed E-state index contributed by atoms with van der Waals surface area (Å²) in [5.74, 6) is -1.34. The minimum atomic E-state index is -0.975. The number of nitrogens with one attached hydrogen (secondary N) is 1. The second-order valence-corrected chi connectivity index (χ2v) is 7.21. The standard InChI is InChI=1S/C17H25N3O5S/c1-25-8-7-20(16(24)12-5-3-2-4-6-12)10-14(21)19-17-18-13(11-26-17)9-15(22)23/h11-12H,2-10H2,1H3,(H,22,23)(H,18,19,21). The molecule has 0 atom stereocenters. The number of methoxy groups -OCH3 is 1. The number of nitrogens with zero attached hydrogens (tertiary/aromatic N) is 2. The number of carboxylic acids is 1. The summed E-state index contributed by atoms with van der Waals surface area (Å²) in [7, 11) is 1.56. The second kappa shape index (κ2) is 10.2. The van der Waals surface area contributed by atoms with Gasteiger partial charge in [-0.05, 0) is 12.8 Å². The van der Waals surface area contributed by atoms with Gasteiger partial charge in [0, 0.05) is 25.0 Å². The third-order valence-electron chi connectivity index (χ3n) is 4.30. The molecule has 1 aromatic heterocycles. The molecule has 1 aliphatic carbocycles. The van der Waals surface area contributed by atoms with E-state index < -0.39 is 5.97 Å². The summed E-state index contributed by atoms with van der Waals surface area (Å²) < 4.78 is 5.06. The fourth-order valence-electron chi connectivity index (χ4n) is 3.01. The van der Waals surface area contributed by atoms with Gasteiger partial charge in [-0.2, -0.15) is 0 Å². The molecular formula is C17H25N3O5S. The van der Waals surface area contributed by atoms with E-state index in [1.54, 1.807) is 17.4 Å². The lowest BCUT2D eigenvalue weighted by Crippen LogP contribution is -2.43. The summed E-state index contributed by atoms with van der Waals surface area (Å²) in [5, 5.41) is 13.3. The summed E-state index contributed by atoms with van der Waals surface area (Å²) in [4.78, 5) is 41.3. The number of rotatable bonds is 9. The van der Waals surface area contributed by atoms with Gasteiger partial charge in [0.25, 0.3) is 0 Å². The van der Waals surface area contributed by atoms with Crippen LogP contribution in [0.5, 0.6) is 0 Å². The second-order valence-electron chi connectivity index (χ2n) is 6.35. The SMILES string of the molecule is COCCN(CC(=O)Nc1nc(CC(=O)O)cs1)C(=O)C1CCCCC1. The summed E-state index contributed by atoms with van der Waals surface area (Å²) in [6.07, 6.45) is 4.81. The molecule has 0 unspecified atom stereocenters. The Morgan fingerprint density at radius 1 is 1.35 bits per heavy atom. The normalized spacial score (nSPS) is 14.8. The van der Waals surface area contributed by atoms with E-state index in [9.17, 15) is 14.4 Å². The van der Waals surface area contributed by atoms with Gasteiger partial charge >= 0.3 is 5.97 Å². The van der Waals surface area contributed by atoms with Gasteiger partial charge in [-0.15, -0.1) is 11.3 Å². The van der Waals surface area contributed by atoms with Crippen LogP contribution in [-0.2, 0) is 25.5 Å². The smallest absolute Gasteiger partial charge is 0.309 e. The first-order valence-electron chi connectivity index (χ1n) is 8.73. The molecule has 2 N–H and O–H groups in total. The quantitative estimate of drug-likeness (QED) is 0.673. The van der Waals surface area contributed by atoms with Crippen LogP contribution in [0.3, 0.4) is 0 Å². The van der Waals surface area contributed by atoms with Crippen LogP contribution in [0, 0.1) is 5.92 Å². The number of hydrogen-bond acceptors (Lipinski definition) is 6. The van der Waals surface area contributed by atoms with Crippen molar-refractivity contribution < 1.29 is 24.2 Å². The highest BCUT2D eigenvalue weighted by Gasteiger charge is 2.27. The first-order valence-corrected chi connectivity index (χ1v) is 9.61. The number of amides is 2. The molecule has 2 amide bonds. The molecule has 1 heterocycles. The number of hydrogen-bond donors (Lipinski definition) is 2. The van der Waals surface area contributed by atoms with Crippen LogP contribution < -0.4 is 5.32 Å². The Morgan fingerprint density at radius 3 is 2.73 bits per heavy atom. The Kier molecular flexibility index (Phi) is 7.99. The maximum absolute atomic E-state index is 12.7. The van der Waals surface area contributed by atoms with Crippen molar-refractivity contribution in [1.82, 2.24) is 9.88 Å². The van der Waals surface area contributed by atoms with Crippen molar-refractivity contribution in [1.29, 1.82) is 0 Å². The van der Waals surface area contributed by atoms with Crippen molar-refractivity contribution in [3.05, 3.63) is 11.1 Å². The van der Waals surface area contributed by atoms with Gasteiger partial charge in [0.2, 0.25) is 11.8 Å². The molecule has 0 radical (unpaired) electrons. The molecule has 0 bridgehead atoms. The van der Waals surface area contributed by atoms with Crippen molar-refractivity contribution in [2.45, 2.75) is 38.5 Å². The van der Waals surface area contributed by atoms with E-state index in [0.29, 0.717) is 24.0 Å². The molecule has 0 aromatic carbocycles. The van der Waals surface area contributed by atoms with Crippen LogP contribution >= 0.6 is 11.3 Å². The monoisotopic (exact) mass is 383 g/mol. The third kappa shape index (κ3) is 6.38. The largest absolute Gasteiger partial charge is 0.481 e. The summed E-state index contributed by atoms with van der Waals surface area (Å²) in [5.41, 5.74) is 0.396. The Hall–Kier alpha value is -2.00. The molecule has 1 aliphatic rings. The number of ether oxygens (including phenoxy) is 1. The molecule has 2 rings (SSSR count). The van der Waals surface area contributed by atoms with Crippen molar-refractivity contribution in [3.8, 4) is 0 Å². The lowest BCUT2D eigenvalue weighted by Gasteiger charge is -2.28. The van der Waals surface area contributed by atoms with Crippen LogP contribution in [0.4, 0.5) is 5.13 Å². The number of thiazole rings is 1. The molecule has 144 valence electrons. The highest BCUT2D eigenvalue weighted by atomic mass is 32.1. The minimum absolute atomic E-state index is 0.00241. The first kappa shape index (κ1) is 20.3. The number of carboxylic acid groups (broad SMARTS) is 1. The molecule has 0 aliphatic heterocycles. The molecule has 0 spiro atoms. The van der Waals surface area contributed by atoms with Crippen LogP contribution in [0.1, 0.15) is 37.8 Å². The molecule has 1 fully saturated rings. The van der Waals surface area contributed by atoms with Crippen molar-refractivity contribution in [3.63, 3.8) is 0 Å². The van der Waals surface area contributed by atoms with Gasteiger partial charge in [0.05, 0.1) is 18.7 Å². The maximum Gasteiger partial charge on any atom is 0.309 e. The Bertz CT molecular complexity index is 628. The number of aromatic nitrogens is 1. The highest BCUT2D eigenvalue weighted by molar-refractivity contribution is 7.13. The van der Waals surface area contributed by atoms with Gasteiger partial charge in [0.15, 0.2) is 5.13 Å². The predicted molar refractivity (Wildman–Crippen MR) is 97.1 cm³/mol. The Morgan fingerprint density at radius 2 is 2.08 bits per heavy atom. The molecule has 26 heavy (non-hydrogen) atoms. The molecular weight excluding hydrogens is 358 g/mol. The summed E-state index contributed by atoms with van der Waals surface area (Å²) in [6.45, 7) is 0.666. The number of aliphatic carboxylic acids is 1. The fraction of sp³-hybridized carbons (Fsp3) is 0.647. The van der Waals surface area contributed by atoms with Gasteiger partial charge < -0.3 is 20.1 Å². The third-order valence-corrected chi connectivity index (χ3v) is 5.10. The van der Waals surface area contributed by atoms with Crippen molar-refractivity contribution in [2.75, 3.05) is 32.1 Å². The molecule has 1 aromatic rings. The van der Waals surface area contributed by atoms with E-state index in [1.807, 2.05) is 0 Å². The fourth-order valence-corrected chi connectivity index (χ4v) is 3.74. The zero-order valence-electron chi connectivity index (χ0n) is 14.9. The van der Waals surface area contributed by atoms with E-state index in [0.717, 1.165) is 32.1 Å². The molecule has 1 saturated carbocycles. The van der Waals surface area contributed by atoms with Crippen LogP contribution in [-0.4, -0.2) is 59.6 Å². The molecule has 8 nitrogen and oxygen atoms in total. The van der Waals surface area contributed by atoms with E-state index in [4.69, 9.17) is 9.84 Å². The van der Waals surface area contributed by atoms with E-state index in [1.165, 1.54) is 11.3 Å². The number of carbonyl (C=O) groups excluding carboxylic acids is 2. The van der Waals surface area contributed by atoms with E-state index >= 15 is 0 Å². The first-order chi connectivity index (χ1) is 12.5. The average Bonchev–Trinajstić information content (AvgIpc) is 3.04. The average molecular weight is 383 g/mol. The zero-order chi connectivity index (χ0) is 18.9. The minimum Gasteiger partial charge on any atom is -0.481 e. The lowest BCUT2D eigenvalue weighted by atomic mass is 9.88. The van der Waals surface area contributed by atoms with Crippen molar-refractivity contribution in [2.24, 2.45) is 5.92 Å². The summed E-state index contributed by atoms with van der Waals surface area (Å²) >= 11 is 1.17. The predicted octanol–water partition coefficient (Wildman–Crippen LogP) is 1.76. The zero-order valence-corrected chi connectivity index (χ0v) is 15.7. The van der Waals surface area contributed by atoms with Gasteiger partial charge in [-0.3, -0.25) is 14.4 Å². The van der Waals surface area contributed by atoms with Gasteiger partial charge in [0.1, 0.15) is 6.54 Å². The number of anilines is 1. The Labute approximate surface area is 156 Å². The van der Waals surface area contributed by atoms with Crippen LogP contribution in [0.15, 0.2) is 5.38 Å². The van der Waals surface area contributed by atoms with E-state index in [-0.39, 0.29) is 30.7 Å². The highest BCUT2D eigenvalue weighted by Crippen LogP contribution is 2.25. The van der Waals surface area contributed by atoms with Gasteiger partial charge in [-0.25, -0.2) is 4.98 Å². The topological polar surface area (TPSA) is 109 Å². The molecule has 9 heteroatoms. The number of carbonyl (C=O) groups is 3. The van der Waals surface area contributed by atoms with Crippen LogP contribution in [0.25, 0.3) is 0 Å². The van der Waals surface area contributed by atoms with Gasteiger partial charge in [-0.1, -0.05) is 19.3 Å². The van der Waals surface area contributed by atoms with Crippen molar-refractivity contribution >= 4 is 34.3 Å². The summed E-state index contributed by atoms with van der Waals surface area (Å²) in [6, 6.07) is 0.